The van der Waals surface area contributed by atoms with Gasteiger partial charge in [-0.15, -0.1) is 0 Å². The third-order valence-electron chi connectivity index (χ3n) is 2.91. The van der Waals surface area contributed by atoms with Gasteiger partial charge in [0.25, 0.3) is 0 Å². The number of aromatic nitrogens is 2. The fraction of sp³-hybridized carbons (Fsp3) is 0.636. The normalized spacial score (nSPS) is 22.4. The lowest BCUT2D eigenvalue weighted by Crippen LogP contribution is -2.35. The monoisotopic (exact) mass is 270 g/mol. The van der Waals surface area contributed by atoms with E-state index in [2.05, 4.69) is 20.6 Å². The Morgan fingerprint density at radius 2 is 2.06 bits per heavy atom. The molecule has 7 heteroatoms. The summed E-state index contributed by atoms with van der Waals surface area (Å²) in [4.78, 5) is 8.46. The Labute approximate surface area is 107 Å². The number of nitrogens with zero attached hydrogens (tertiary/aromatic N) is 2. The third-order valence-corrected chi connectivity index (χ3v) is 4.73. The Kier molecular flexibility index (Phi) is 3.70. The molecule has 0 spiro atoms. The van der Waals surface area contributed by atoms with Gasteiger partial charge in [0.15, 0.2) is 9.84 Å². The van der Waals surface area contributed by atoms with Crippen molar-refractivity contribution in [2.24, 2.45) is 0 Å². The maximum Gasteiger partial charge on any atom is 0.152 e. The predicted molar refractivity (Wildman–Crippen MR) is 71.6 cm³/mol. The molecule has 0 aromatic carbocycles. The zero-order valence-corrected chi connectivity index (χ0v) is 11.4. The average molecular weight is 270 g/mol. The van der Waals surface area contributed by atoms with Gasteiger partial charge in [0.2, 0.25) is 0 Å². The molecule has 1 atom stereocenters. The molecule has 6 nitrogen and oxygen atoms in total. The molecule has 0 radical (unpaired) electrons. The number of nitrogens with one attached hydrogen (secondary N) is 2. The summed E-state index contributed by atoms with van der Waals surface area (Å²) >= 11 is 0. The van der Waals surface area contributed by atoms with E-state index in [4.69, 9.17) is 0 Å². The van der Waals surface area contributed by atoms with E-state index in [1.165, 1.54) is 0 Å². The number of hydrogen-bond donors (Lipinski definition) is 2. The van der Waals surface area contributed by atoms with Gasteiger partial charge in [0.05, 0.1) is 11.5 Å². The van der Waals surface area contributed by atoms with Gasteiger partial charge in [-0.2, -0.15) is 0 Å². The van der Waals surface area contributed by atoms with Crippen molar-refractivity contribution in [3.63, 3.8) is 0 Å². The highest BCUT2D eigenvalue weighted by atomic mass is 32.2. The maximum absolute atomic E-state index is 11.6. The smallest absolute Gasteiger partial charge is 0.152 e. The molecule has 0 amide bonds. The maximum atomic E-state index is 11.6. The van der Waals surface area contributed by atoms with Crippen molar-refractivity contribution in [3.8, 4) is 0 Å². The van der Waals surface area contributed by atoms with Crippen molar-refractivity contribution in [2.75, 3.05) is 29.2 Å². The summed E-state index contributed by atoms with van der Waals surface area (Å²) in [5.74, 6) is 2.54. The quantitative estimate of drug-likeness (QED) is 0.846. The Bertz CT molecular complexity index is 530. The molecular weight excluding hydrogens is 252 g/mol. The molecule has 1 saturated heterocycles. The van der Waals surface area contributed by atoms with E-state index in [1.807, 2.05) is 6.92 Å². The summed E-state index contributed by atoms with van der Waals surface area (Å²) in [6.07, 6.45) is 1.57. The number of aryl methyl sites for hydroxylation is 1. The number of rotatable bonds is 3. The van der Waals surface area contributed by atoms with Crippen LogP contribution in [-0.4, -0.2) is 43.0 Å². The molecular formula is C11H18N4O2S. The van der Waals surface area contributed by atoms with Gasteiger partial charge in [-0.3, -0.25) is 0 Å². The first-order valence-electron chi connectivity index (χ1n) is 5.99. The van der Waals surface area contributed by atoms with Crippen molar-refractivity contribution >= 4 is 21.5 Å². The molecule has 1 fully saturated rings. The number of sulfone groups is 1. The molecule has 100 valence electrons. The largest absolute Gasteiger partial charge is 0.373 e. The van der Waals surface area contributed by atoms with Crippen LogP contribution in [0.3, 0.4) is 0 Å². The van der Waals surface area contributed by atoms with Crippen molar-refractivity contribution < 1.29 is 8.42 Å². The van der Waals surface area contributed by atoms with Crippen LogP contribution in [0.4, 0.5) is 11.6 Å². The summed E-state index contributed by atoms with van der Waals surface area (Å²) in [7, 11) is -1.11. The summed E-state index contributed by atoms with van der Waals surface area (Å²) in [6, 6.07) is 1.73. The molecule has 1 unspecified atom stereocenters. The molecule has 1 aliphatic heterocycles. The highest BCUT2D eigenvalue weighted by Crippen LogP contribution is 2.18. The first-order chi connectivity index (χ1) is 8.48. The summed E-state index contributed by atoms with van der Waals surface area (Å²) in [5.41, 5.74) is 0. The van der Waals surface area contributed by atoms with E-state index in [0.29, 0.717) is 23.8 Å². The summed E-state index contributed by atoms with van der Waals surface area (Å²) in [6.45, 7) is 1.81. The van der Waals surface area contributed by atoms with Crippen LogP contribution in [0.1, 0.15) is 18.7 Å². The lowest BCUT2D eigenvalue weighted by Gasteiger charge is -2.23. The topological polar surface area (TPSA) is 84.0 Å². The van der Waals surface area contributed by atoms with Crippen LogP contribution >= 0.6 is 0 Å². The Hall–Kier alpha value is -1.37. The van der Waals surface area contributed by atoms with Gasteiger partial charge in [0.1, 0.15) is 17.5 Å². The molecule has 0 aliphatic carbocycles. The second-order valence-electron chi connectivity index (χ2n) is 4.53. The van der Waals surface area contributed by atoms with E-state index in [9.17, 15) is 8.42 Å². The minimum Gasteiger partial charge on any atom is -0.373 e. The average Bonchev–Trinajstić information content (AvgIpc) is 2.26. The number of hydrogen-bond acceptors (Lipinski definition) is 6. The van der Waals surface area contributed by atoms with E-state index in [-0.39, 0.29) is 11.8 Å². The van der Waals surface area contributed by atoms with Crippen LogP contribution in [0.2, 0.25) is 0 Å². The summed E-state index contributed by atoms with van der Waals surface area (Å²) in [5, 5.41) is 6.13. The van der Waals surface area contributed by atoms with Crippen LogP contribution < -0.4 is 10.6 Å². The Morgan fingerprint density at radius 3 is 2.72 bits per heavy atom. The zero-order chi connectivity index (χ0) is 13.2. The lowest BCUT2D eigenvalue weighted by atomic mass is 10.2. The van der Waals surface area contributed by atoms with Crippen LogP contribution in [0.5, 0.6) is 0 Å². The van der Waals surface area contributed by atoms with Gasteiger partial charge in [-0.25, -0.2) is 18.4 Å². The summed E-state index contributed by atoms with van der Waals surface area (Å²) < 4.78 is 23.1. The first kappa shape index (κ1) is 13.1. The second-order valence-corrected chi connectivity index (χ2v) is 6.76. The molecule has 2 rings (SSSR count). The molecule has 0 saturated carbocycles. The second kappa shape index (κ2) is 5.09. The van der Waals surface area contributed by atoms with Gasteiger partial charge >= 0.3 is 0 Å². The van der Waals surface area contributed by atoms with E-state index < -0.39 is 9.84 Å². The van der Waals surface area contributed by atoms with E-state index >= 15 is 0 Å². The molecule has 2 N–H and O–H groups in total. The van der Waals surface area contributed by atoms with Gasteiger partial charge in [0, 0.05) is 19.2 Å². The molecule has 1 aromatic rings. The predicted octanol–water partition coefficient (Wildman–Crippen LogP) is 0.816. The standard InChI is InChI=1S/C11H18N4O2S/c1-8-13-10(12-2)6-11(14-8)15-9-4-3-5-18(16,17)7-9/h6,9H,3-5,7H2,1-2H3,(H2,12,13,14,15). The van der Waals surface area contributed by atoms with E-state index in [1.54, 1.807) is 13.1 Å². The lowest BCUT2D eigenvalue weighted by molar-refractivity contribution is 0.561. The minimum atomic E-state index is -2.90. The molecule has 1 aromatic heterocycles. The third kappa shape index (κ3) is 3.32. The van der Waals surface area contributed by atoms with Crippen molar-refractivity contribution in [1.29, 1.82) is 0 Å². The molecule has 2 heterocycles. The van der Waals surface area contributed by atoms with Crippen LogP contribution in [0.25, 0.3) is 0 Å². The molecule has 18 heavy (non-hydrogen) atoms. The van der Waals surface area contributed by atoms with Crippen LogP contribution in [-0.2, 0) is 9.84 Å². The van der Waals surface area contributed by atoms with Crippen molar-refractivity contribution in [1.82, 2.24) is 9.97 Å². The minimum absolute atomic E-state index is 0.0530. The fourth-order valence-electron chi connectivity index (χ4n) is 2.12. The van der Waals surface area contributed by atoms with Crippen LogP contribution in [0.15, 0.2) is 6.07 Å². The molecule has 1 aliphatic rings. The highest BCUT2D eigenvalue weighted by molar-refractivity contribution is 7.91. The van der Waals surface area contributed by atoms with Crippen molar-refractivity contribution in [3.05, 3.63) is 11.9 Å². The number of anilines is 2. The van der Waals surface area contributed by atoms with Crippen LogP contribution in [0, 0.1) is 6.92 Å². The van der Waals surface area contributed by atoms with Gasteiger partial charge in [-0.05, 0) is 19.8 Å². The van der Waals surface area contributed by atoms with Gasteiger partial charge in [-0.1, -0.05) is 0 Å². The zero-order valence-electron chi connectivity index (χ0n) is 10.6. The molecule has 0 bridgehead atoms. The fourth-order valence-corrected chi connectivity index (χ4v) is 3.75. The van der Waals surface area contributed by atoms with Crippen molar-refractivity contribution in [2.45, 2.75) is 25.8 Å². The van der Waals surface area contributed by atoms with Gasteiger partial charge < -0.3 is 10.6 Å². The Balaban J connectivity index is 2.11. The Morgan fingerprint density at radius 1 is 1.33 bits per heavy atom. The van der Waals surface area contributed by atoms with E-state index in [0.717, 1.165) is 12.2 Å². The first-order valence-corrected chi connectivity index (χ1v) is 7.81. The highest BCUT2D eigenvalue weighted by Gasteiger charge is 2.24. The SMILES string of the molecule is CNc1cc(NC2CCCS(=O)(=O)C2)nc(C)n1.